The molecule has 3 heterocycles. The summed E-state index contributed by atoms with van der Waals surface area (Å²) in [7, 11) is 1.67. The number of carbonyl (C=O) groups excluding carboxylic acids is 1. The van der Waals surface area contributed by atoms with Gasteiger partial charge in [-0.05, 0) is 24.3 Å². The molecule has 0 bridgehead atoms. The van der Waals surface area contributed by atoms with Crippen molar-refractivity contribution in [3.05, 3.63) is 64.3 Å². The second-order valence-corrected chi connectivity index (χ2v) is 6.40. The monoisotopic (exact) mass is 367 g/mol. The van der Waals surface area contributed by atoms with Crippen LogP contribution in [0.3, 0.4) is 0 Å². The van der Waals surface area contributed by atoms with E-state index in [9.17, 15) is 14.0 Å². The summed E-state index contributed by atoms with van der Waals surface area (Å²) in [6, 6.07) is 9.54. The van der Waals surface area contributed by atoms with Gasteiger partial charge in [0.2, 0.25) is 0 Å². The number of hydrogen-bond acceptors (Lipinski definition) is 5. The first-order chi connectivity index (χ1) is 13.1. The first-order valence-corrected chi connectivity index (χ1v) is 8.67. The average Bonchev–Trinajstić information content (AvgIpc) is 2.71. The molecule has 8 heteroatoms. The van der Waals surface area contributed by atoms with Crippen molar-refractivity contribution in [1.82, 2.24) is 19.4 Å². The Kier molecular flexibility index (Phi) is 4.31. The smallest absolute Gasteiger partial charge is 0.294 e. The van der Waals surface area contributed by atoms with Gasteiger partial charge in [0.1, 0.15) is 11.3 Å². The summed E-state index contributed by atoms with van der Waals surface area (Å²) in [6.07, 6.45) is 1.62. The van der Waals surface area contributed by atoms with Gasteiger partial charge in [0, 0.05) is 39.4 Å². The first kappa shape index (κ1) is 17.1. The zero-order chi connectivity index (χ0) is 19.0. The number of fused-ring (bicyclic) bond motifs is 1. The third-order valence-corrected chi connectivity index (χ3v) is 4.78. The van der Waals surface area contributed by atoms with Crippen LogP contribution in [0.4, 0.5) is 10.2 Å². The van der Waals surface area contributed by atoms with Gasteiger partial charge in [-0.3, -0.25) is 14.2 Å². The number of amides is 1. The molecule has 7 nitrogen and oxygen atoms in total. The molecule has 2 aromatic heterocycles. The molecule has 1 aliphatic heterocycles. The van der Waals surface area contributed by atoms with Crippen molar-refractivity contribution in [1.29, 1.82) is 0 Å². The topological polar surface area (TPSA) is 71.3 Å². The highest BCUT2D eigenvalue weighted by Crippen LogP contribution is 2.16. The Morgan fingerprint density at radius 2 is 1.81 bits per heavy atom. The van der Waals surface area contributed by atoms with E-state index in [0.29, 0.717) is 43.2 Å². The summed E-state index contributed by atoms with van der Waals surface area (Å²) < 4.78 is 15.3. The predicted molar refractivity (Wildman–Crippen MR) is 99.3 cm³/mol. The van der Waals surface area contributed by atoms with Crippen molar-refractivity contribution in [2.75, 3.05) is 31.1 Å². The van der Waals surface area contributed by atoms with Crippen LogP contribution in [0.5, 0.6) is 0 Å². The number of anilines is 1. The normalized spacial score (nSPS) is 14.6. The van der Waals surface area contributed by atoms with Crippen LogP contribution in [-0.4, -0.2) is 51.5 Å². The van der Waals surface area contributed by atoms with Gasteiger partial charge in [-0.2, -0.15) is 0 Å². The third kappa shape index (κ3) is 3.03. The van der Waals surface area contributed by atoms with Gasteiger partial charge in [-0.1, -0.05) is 12.1 Å². The van der Waals surface area contributed by atoms with E-state index in [0.717, 1.165) is 0 Å². The highest BCUT2D eigenvalue weighted by atomic mass is 19.1. The third-order valence-electron chi connectivity index (χ3n) is 4.78. The molecule has 1 saturated heterocycles. The summed E-state index contributed by atoms with van der Waals surface area (Å²) >= 11 is 0. The molecule has 27 heavy (non-hydrogen) atoms. The van der Waals surface area contributed by atoms with Crippen LogP contribution in [0.15, 0.2) is 47.4 Å². The van der Waals surface area contributed by atoms with Crippen molar-refractivity contribution in [2.24, 2.45) is 7.05 Å². The molecular weight excluding hydrogens is 349 g/mol. The molecule has 0 spiro atoms. The largest absolute Gasteiger partial charge is 0.348 e. The lowest BCUT2D eigenvalue weighted by Gasteiger charge is -2.35. The van der Waals surface area contributed by atoms with Crippen LogP contribution in [0, 0.1) is 5.82 Å². The number of nitrogens with zero attached hydrogens (tertiary/aromatic N) is 5. The van der Waals surface area contributed by atoms with E-state index in [2.05, 4.69) is 9.97 Å². The van der Waals surface area contributed by atoms with Gasteiger partial charge in [-0.25, -0.2) is 14.4 Å². The van der Waals surface area contributed by atoms with E-state index >= 15 is 0 Å². The molecular formula is C19H18FN5O2. The van der Waals surface area contributed by atoms with Crippen LogP contribution in [0.25, 0.3) is 11.2 Å². The first-order valence-electron chi connectivity index (χ1n) is 8.67. The Bertz CT molecular complexity index is 1070. The van der Waals surface area contributed by atoms with E-state index < -0.39 is 5.82 Å². The maximum Gasteiger partial charge on any atom is 0.294 e. The molecule has 1 fully saturated rings. The zero-order valence-electron chi connectivity index (χ0n) is 14.8. The van der Waals surface area contributed by atoms with Gasteiger partial charge in [0.25, 0.3) is 11.5 Å². The van der Waals surface area contributed by atoms with Crippen molar-refractivity contribution in [3.8, 4) is 0 Å². The molecule has 4 rings (SSSR count). The molecule has 0 atom stereocenters. The second-order valence-electron chi connectivity index (χ2n) is 6.40. The summed E-state index contributed by atoms with van der Waals surface area (Å²) in [5.74, 6) is -0.519. The quantitative estimate of drug-likeness (QED) is 0.685. The Morgan fingerprint density at radius 1 is 1.07 bits per heavy atom. The van der Waals surface area contributed by atoms with E-state index in [1.807, 2.05) is 11.0 Å². The van der Waals surface area contributed by atoms with Gasteiger partial charge in [0.05, 0.1) is 5.56 Å². The zero-order valence-corrected chi connectivity index (χ0v) is 14.8. The van der Waals surface area contributed by atoms with Gasteiger partial charge < -0.3 is 9.80 Å². The second kappa shape index (κ2) is 6.79. The number of aromatic nitrogens is 3. The van der Waals surface area contributed by atoms with Crippen LogP contribution in [0.1, 0.15) is 10.4 Å². The standard InChI is InChI=1S/C19H18FN5O2/c1-23-16-15(7-4-8-21-16)22-17(19(23)27)24-9-11-25(12-10-24)18(26)13-5-2-3-6-14(13)20/h2-8H,9-12H2,1H3. The fourth-order valence-corrected chi connectivity index (χ4v) is 3.27. The highest BCUT2D eigenvalue weighted by molar-refractivity contribution is 5.94. The number of aryl methyl sites for hydroxylation is 1. The lowest BCUT2D eigenvalue weighted by molar-refractivity contribution is 0.0741. The minimum absolute atomic E-state index is 0.0665. The minimum Gasteiger partial charge on any atom is -0.348 e. The van der Waals surface area contributed by atoms with Crippen LogP contribution in [0.2, 0.25) is 0 Å². The summed E-state index contributed by atoms with van der Waals surface area (Å²) in [4.78, 5) is 37.3. The molecule has 1 aromatic carbocycles. The Morgan fingerprint density at radius 3 is 2.56 bits per heavy atom. The average molecular weight is 367 g/mol. The fraction of sp³-hybridized carbons (Fsp3) is 0.263. The van der Waals surface area contributed by atoms with Crippen molar-refractivity contribution in [3.63, 3.8) is 0 Å². The van der Waals surface area contributed by atoms with Gasteiger partial charge >= 0.3 is 0 Å². The Balaban J connectivity index is 1.56. The SMILES string of the molecule is Cn1c(=O)c(N2CCN(C(=O)c3ccccc3F)CC2)nc2cccnc21. The van der Waals surface area contributed by atoms with Gasteiger partial charge in [-0.15, -0.1) is 0 Å². The predicted octanol–water partition coefficient (Wildman–Crippen LogP) is 1.43. The lowest BCUT2D eigenvalue weighted by Crippen LogP contribution is -2.50. The number of hydrogen-bond donors (Lipinski definition) is 0. The van der Waals surface area contributed by atoms with Crippen molar-refractivity contribution >= 4 is 22.9 Å². The summed E-state index contributed by atoms with van der Waals surface area (Å²) in [5, 5.41) is 0. The maximum atomic E-state index is 13.9. The number of rotatable bonds is 2. The molecule has 3 aromatic rings. The van der Waals surface area contributed by atoms with E-state index in [4.69, 9.17) is 0 Å². The number of piperazine rings is 1. The fourth-order valence-electron chi connectivity index (χ4n) is 3.27. The lowest BCUT2D eigenvalue weighted by atomic mass is 10.1. The Hall–Kier alpha value is -3.29. The number of carbonyl (C=O) groups is 1. The van der Waals surface area contributed by atoms with E-state index in [-0.39, 0.29) is 17.0 Å². The number of benzene rings is 1. The van der Waals surface area contributed by atoms with E-state index in [1.54, 1.807) is 36.3 Å². The molecule has 0 aliphatic carbocycles. The van der Waals surface area contributed by atoms with Crippen LogP contribution in [-0.2, 0) is 7.05 Å². The van der Waals surface area contributed by atoms with Crippen LogP contribution >= 0.6 is 0 Å². The van der Waals surface area contributed by atoms with Crippen molar-refractivity contribution in [2.45, 2.75) is 0 Å². The van der Waals surface area contributed by atoms with E-state index in [1.165, 1.54) is 16.7 Å². The van der Waals surface area contributed by atoms with Gasteiger partial charge in [0.15, 0.2) is 11.5 Å². The summed E-state index contributed by atoms with van der Waals surface area (Å²) in [5.41, 5.74) is 1.01. The molecule has 0 N–H and O–H groups in total. The Labute approximate surface area is 154 Å². The molecule has 138 valence electrons. The molecule has 0 saturated carbocycles. The molecule has 0 unspecified atom stereocenters. The molecule has 0 radical (unpaired) electrons. The number of pyridine rings is 1. The van der Waals surface area contributed by atoms with Crippen molar-refractivity contribution < 1.29 is 9.18 Å². The molecule has 1 amide bonds. The minimum atomic E-state index is -0.525. The van der Waals surface area contributed by atoms with Crippen LogP contribution < -0.4 is 10.5 Å². The maximum absolute atomic E-state index is 13.9. The number of halogens is 1. The highest BCUT2D eigenvalue weighted by Gasteiger charge is 2.26. The summed E-state index contributed by atoms with van der Waals surface area (Å²) in [6.45, 7) is 1.69. The molecule has 1 aliphatic rings.